The Bertz CT molecular complexity index is 864. The van der Waals surface area contributed by atoms with Crippen LogP contribution in [-0.2, 0) is 25.5 Å². The highest BCUT2D eigenvalue weighted by molar-refractivity contribution is 8.00. The van der Waals surface area contributed by atoms with Gasteiger partial charge in [0.05, 0.1) is 12.0 Å². The smallest absolute Gasteiger partial charge is 0.328 e. The monoisotopic (exact) mass is 389 g/mol. The van der Waals surface area contributed by atoms with Crippen LogP contribution in [0.15, 0.2) is 30.5 Å². The third kappa shape index (κ3) is 3.80. The molecule has 8 heteroatoms. The summed E-state index contributed by atoms with van der Waals surface area (Å²) in [4.78, 5) is 40.7. The van der Waals surface area contributed by atoms with Crippen molar-refractivity contribution in [2.45, 2.75) is 37.2 Å². The Morgan fingerprint density at radius 3 is 2.89 bits per heavy atom. The van der Waals surface area contributed by atoms with E-state index in [4.69, 9.17) is 4.74 Å². The summed E-state index contributed by atoms with van der Waals surface area (Å²) < 4.78 is 4.88. The Balaban J connectivity index is 1.78. The van der Waals surface area contributed by atoms with E-state index in [0.717, 1.165) is 16.5 Å². The van der Waals surface area contributed by atoms with E-state index < -0.39 is 22.9 Å². The Hall–Kier alpha value is -2.48. The normalized spacial score (nSPS) is 19.7. The van der Waals surface area contributed by atoms with Gasteiger partial charge in [-0.05, 0) is 25.5 Å². The van der Waals surface area contributed by atoms with E-state index in [1.807, 2.05) is 44.3 Å². The number of benzene rings is 1. The number of nitrogens with one attached hydrogen (secondary N) is 2. The fraction of sp³-hybridized carbons (Fsp3) is 0.421. The highest BCUT2D eigenvalue weighted by Crippen LogP contribution is 2.37. The van der Waals surface area contributed by atoms with Gasteiger partial charge in [0.2, 0.25) is 12.3 Å². The standard InChI is InChI=1S/C19H23N3O4S/c1-19(2)22(11-23)16(10-27-19)17(24)21-15(18(25)26-3)8-12-9-20-14-7-5-4-6-13(12)14/h4-7,9,11,15-16,20H,8,10H2,1-3H3,(H,21,24)/t15-,16+/m1/s1. The van der Waals surface area contributed by atoms with Crippen molar-refractivity contribution in [3.63, 3.8) is 0 Å². The number of hydrogen-bond acceptors (Lipinski definition) is 5. The minimum absolute atomic E-state index is 0.298. The number of aromatic amines is 1. The summed E-state index contributed by atoms with van der Waals surface area (Å²) in [6.07, 6.45) is 2.82. The van der Waals surface area contributed by atoms with Crippen LogP contribution in [0.2, 0.25) is 0 Å². The molecule has 144 valence electrons. The van der Waals surface area contributed by atoms with Gasteiger partial charge in [-0.2, -0.15) is 0 Å². The molecule has 2 atom stereocenters. The first kappa shape index (κ1) is 19.3. The van der Waals surface area contributed by atoms with Crippen molar-refractivity contribution in [3.8, 4) is 0 Å². The third-order valence-electron chi connectivity index (χ3n) is 4.87. The zero-order valence-electron chi connectivity index (χ0n) is 15.5. The lowest BCUT2D eigenvalue weighted by molar-refractivity contribution is -0.146. The number of fused-ring (bicyclic) bond motifs is 1. The van der Waals surface area contributed by atoms with Crippen LogP contribution in [0.3, 0.4) is 0 Å². The van der Waals surface area contributed by atoms with Crippen LogP contribution in [0, 0.1) is 0 Å². The Morgan fingerprint density at radius 2 is 2.19 bits per heavy atom. The van der Waals surface area contributed by atoms with Gasteiger partial charge in [0, 0.05) is 29.3 Å². The van der Waals surface area contributed by atoms with Gasteiger partial charge in [-0.15, -0.1) is 11.8 Å². The predicted molar refractivity (Wildman–Crippen MR) is 104 cm³/mol. The van der Waals surface area contributed by atoms with E-state index in [2.05, 4.69) is 10.3 Å². The number of rotatable bonds is 6. The van der Waals surface area contributed by atoms with Gasteiger partial charge < -0.3 is 19.9 Å². The molecule has 1 saturated heterocycles. The molecule has 7 nitrogen and oxygen atoms in total. The van der Waals surface area contributed by atoms with Crippen LogP contribution >= 0.6 is 11.8 Å². The van der Waals surface area contributed by atoms with Crippen molar-refractivity contribution < 1.29 is 19.1 Å². The van der Waals surface area contributed by atoms with Crippen LogP contribution in [-0.4, -0.2) is 58.0 Å². The molecule has 2 aromatic rings. The molecule has 1 aliphatic heterocycles. The number of methoxy groups -OCH3 is 1. The lowest BCUT2D eigenvalue weighted by Gasteiger charge is -2.30. The van der Waals surface area contributed by atoms with Gasteiger partial charge in [0.25, 0.3) is 0 Å². The van der Waals surface area contributed by atoms with Crippen LogP contribution in [0.4, 0.5) is 0 Å². The highest BCUT2D eigenvalue weighted by atomic mass is 32.2. The molecule has 0 aliphatic carbocycles. The first-order chi connectivity index (χ1) is 12.9. The van der Waals surface area contributed by atoms with Gasteiger partial charge >= 0.3 is 5.97 Å². The quantitative estimate of drug-likeness (QED) is 0.579. The van der Waals surface area contributed by atoms with E-state index in [0.29, 0.717) is 18.6 Å². The largest absolute Gasteiger partial charge is 0.467 e. The van der Waals surface area contributed by atoms with Gasteiger partial charge in [-0.1, -0.05) is 18.2 Å². The zero-order valence-corrected chi connectivity index (χ0v) is 16.3. The molecule has 3 rings (SSSR count). The number of carbonyl (C=O) groups is 3. The molecule has 0 saturated carbocycles. The highest BCUT2D eigenvalue weighted by Gasteiger charge is 2.43. The van der Waals surface area contributed by atoms with Crippen molar-refractivity contribution in [2.24, 2.45) is 0 Å². The van der Waals surface area contributed by atoms with E-state index in [-0.39, 0.29) is 5.91 Å². The lowest BCUT2D eigenvalue weighted by Crippen LogP contribution is -2.53. The molecular weight excluding hydrogens is 366 g/mol. The molecule has 1 aromatic heterocycles. The second kappa shape index (κ2) is 7.64. The maximum absolute atomic E-state index is 12.8. The number of H-pyrrole nitrogens is 1. The summed E-state index contributed by atoms with van der Waals surface area (Å²) in [5, 5.41) is 3.77. The molecule has 2 heterocycles. The number of amides is 2. The summed E-state index contributed by atoms with van der Waals surface area (Å²) in [5.41, 5.74) is 1.87. The Kier molecular flexibility index (Phi) is 5.46. The summed E-state index contributed by atoms with van der Waals surface area (Å²) in [6, 6.07) is 6.31. The van der Waals surface area contributed by atoms with E-state index in [9.17, 15) is 14.4 Å². The third-order valence-corrected chi connectivity index (χ3v) is 6.27. The van der Waals surface area contributed by atoms with E-state index in [1.165, 1.54) is 23.8 Å². The Morgan fingerprint density at radius 1 is 1.44 bits per heavy atom. The molecule has 0 bridgehead atoms. The van der Waals surface area contributed by atoms with Crippen LogP contribution < -0.4 is 5.32 Å². The molecule has 2 N–H and O–H groups in total. The molecule has 2 amide bonds. The molecular formula is C19H23N3O4S. The minimum atomic E-state index is -0.830. The van der Waals surface area contributed by atoms with E-state index in [1.54, 1.807) is 0 Å². The second-order valence-electron chi connectivity index (χ2n) is 6.93. The topological polar surface area (TPSA) is 91.5 Å². The average molecular weight is 389 g/mol. The van der Waals surface area contributed by atoms with Crippen LogP contribution in [0.1, 0.15) is 19.4 Å². The number of para-hydroxylation sites is 1. The van der Waals surface area contributed by atoms with Gasteiger partial charge in [0.1, 0.15) is 12.1 Å². The van der Waals surface area contributed by atoms with Gasteiger partial charge in [-0.25, -0.2) is 4.79 Å². The molecule has 1 fully saturated rings. The van der Waals surface area contributed by atoms with Crippen molar-refractivity contribution in [1.29, 1.82) is 0 Å². The van der Waals surface area contributed by atoms with E-state index >= 15 is 0 Å². The number of ether oxygens (including phenoxy) is 1. The second-order valence-corrected chi connectivity index (χ2v) is 8.56. The van der Waals surface area contributed by atoms with Gasteiger partial charge in [0.15, 0.2) is 0 Å². The average Bonchev–Trinajstić information content (AvgIpc) is 3.20. The number of nitrogens with zero attached hydrogens (tertiary/aromatic N) is 1. The molecule has 1 aromatic carbocycles. The number of thioether (sulfide) groups is 1. The predicted octanol–water partition coefficient (Wildman–Crippen LogP) is 1.68. The zero-order chi connectivity index (χ0) is 19.6. The first-order valence-electron chi connectivity index (χ1n) is 8.68. The number of esters is 1. The number of carbonyl (C=O) groups excluding carboxylic acids is 3. The molecule has 0 unspecified atom stereocenters. The summed E-state index contributed by atoms with van der Waals surface area (Å²) in [6.45, 7) is 3.78. The fourth-order valence-corrected chi connectivity index (χ4v) is 4.54. The summed E-state index contributed by atoms with van der Waals surface area (Å²) >= 11 is 1.53. The van der Waals surface area contributed by atoms with Crippen molar-refractivity contribution in [2.75, 3.05) is 12.9 Å². The first-order valence-corrected chi connectivity index (χ1v) is 9.67. The maximum Gasteiger partial charge on any atom is 0.328 e. The molecule has 0 spiro atoms. The summed E-state index contributed by atoms with van der Waals surface area (Å²) in [7, 11) is 1.29. The van der Waals surface area contributed by atoms with Crippen molar-refractivity contribution in [1.82, 2.24) is 15.2 Å². The number of aromatic nitrogens is 1. The van der Waals surface area contributed by atoms with Crippen LogP contribution in [0.5, 0.6) is 0 Å². The van der Waals surface area contributed by atoms with Gasteiger partial charge in [-0.3, -0.25) is 9.59 Å². The molecule has 27 heavy (non-hydrogen) atoms. The van der Waals surface area contributed by atoms with Crippen molar-refractivity contribution >= 4 is 41.0 Å². The Labute approximate surface area is 161 Å². The summed E-state index contributed by atoms with van der Waals surface area (Å²) in [5.74, 6) is -0.384. The fourth-order valence-electron chi connectivity index (χ4n) is 3.34. The minimum Gasteiger partial charge on any atom is -0.467 e. The lowest BCUT2D eigenvalue weighted by atomic mass is 10.0. The maximum atomic E-state index is 12.8. The SMILES string of the molecule is COC(=O)[C@@H](Cc1c[nH]c2ccccc12)NC(=O)[C@@H]1CSC(C)(C)N1C=O. The number of hydrogen-bond donors (Lipinski definition) is 2. The molecule has 0 radical (unpaired) electrons. The van der Waals surface area contributed by atoms with Crippen molar-refractivity contribution in [3.05, 3.63) is 36.0 Å². The van der Waals surface area contributed by atoms with Crippen LogP contribution in [0.25, 0.3) is 10.9 Å². The molecule has 1 aliphatic rings.